The maximum Gasteiger partial charge on any atom is 0.255 e. The van der Waals surface area contributed by atoms with E-state index in [4.69, 9.17) is 0 Å². The molecule has 9 heteroatoms. The fourth-order valence-corrected chi connectivity index (χ4v) is 4.36. The molecule has 1 aliphatic heterocycles. The highest BCUT2D eigenvalue weighted by Gasteiger charge is 2.27. The van der Waals surface area contributed by atoms with Crippen LogP contribution < -0.4 is 0 Å². The van der Waals surface area contributed by atoms with Crippen LogP contribution in [0.1, 0.15) is 15.9 Å². The molecule has 8 nitrogen and oxygen atoms in total. The molecule has 0 aliphatic carbocycles. The molecule has 0 spiro atoms. The maximum atomic E-state index is 12.8. The van der Waals surface area contributed by atoms with Gasteiger partial charge >= 0.3 is 0 Å². The summed E-state index contributed by atoms with van der Waals surface area (Å²) in [5.74, 6) is -0.147. The number of sulfonamides is 1. The summed E-state index contributed by atoms with van der Waals surface area (Å²) >= 11 is 0. The molecule has 0 atom stereocenters. The third-order valence-corrected chi connectivity index (χ3v) is 6.48. The van der Waals surface area contributed by atoms with Crippen LogP contribution in [-0.4, -0.2) is 70.5 Å². The van der Waals surface area contributed by atoms with Crippen LogP contribution in [0.5, 0.6) is 0 Å². The molecule has 3 aromatic rings. The molecule has 1 aromatic carbocycles. The van der Waals surface area contributed by atoms with Crippen molar-refractivity contribution in [1.82, 2.24) is 23.7 Å². The second-order valence-electron chi connectivity index (χ2n) is 7.19. The Kier molecular flexibility index (Phi) is 5.33. The third kappa shape index (κ3) is 4.30. The summed E-state index contributed by atoms with van der Waals surface area (Å²) in [5, 5.41) is 0. The largest absolute Gasteiger partial charge is 0.336 e. The molecule has 1 saturated heterocycles. The summed E-state index contributed by atoms with van der Waals surface area (Å²) in [5.41, 5.74) is 3.14. The Balaban J connectivity index is 1.45. The Morgan fingerprint density at radius 2 is 1.79 bits per heavy atom. The van der Waals surface area contributed by atoms with Gasteiger partial charge < -0.3 is 9.47 Å². The van der Waals surface area contributed by atoms with E-state index >= 15 is 0 Å². The summed E-state index contributed by atoms with van der Waals surface area (Å²) in [7, 11) is -3.22. The third-order valence-electron chi connectivity index (χ3n) is 5.18. The van der Waals surface area contributed by atoms with E-state index in [1.54, 1.807) is 23.5 Å². The molecule has 152 valence electrons. The van der Waals surface area contributed by atoms with Gasteiger partial charge in [0.1, 0.15) is 5.52 Å². The highest BCUT2D eigenvalue weighted by molar-refractivity contribution is 7.88. The number of aromatic nitrogens is 3. The minimum absolute atomic E-state index is 0.147. The van der Waals surface area contributed by atoms with Crippen LogP contribution in [0.2, 0.25) is 0 Å². The van der Waals surface area contributed by atoms with Crippen molar-refractivity contribution < 1.29 is 13.2 Å². The zero-order valence-corrected chi connectivity index (χ0v) is 17.0. The first-order valence-electron chi connectivity index (χ1n) is 9.51. The number of fused-ring (bicyclic) bond motifs is 1. The Labute approximate surface area is 169 Å². The lowest BCUT2D eigenvalue weighted by molar-refractivity contribution is 0.0698. The summed E-state index contributed by atoms with van der Waals surface area (Å²) < 4.78 is 26.6. The van der Waals surface area contributed by atoms with Crippen molar-refractivity contribution in [1.29, 1.82) is 0 Å². The van der Waals surface area contributed by atoms with Crippen molar-refractivity contribution in [3.63, 3.8) is 0 Å². The fourth-order valence-electron chi connectivity index (χ4n) is 3.53. The first-order valence-corrected chi connectivity index (χ1v) is 11.4. The van der Waals surface area contributed by atoms with Gasteiger partial charge in [0.25, 0.3) is 5.91 Å². The monoisotopic (exact) mass is 413 g/mol. The van der Waals surface area contributed by atoms with E-state index in [1.165, 1.54) is 16.1 Å². The fraction of sp³-hybridized carbons (Fsp3) is 0.350. The molecule has 0 radical (unpaired) electrons. The summed E-state index contributed by atoms with van der Waals surface area (Å²) in [6.45, 7) is 2.13. The Morgan fingerprint density at radius 1 is 1.07 bits per heavy atom. The molecule has 0 saturated carbocycles. The predicted octanol–water partition coefficient (Wildman–Crippen LogP) is 1.39. The average molecular weight is 414 g/mol. The minimum atomic E-state index is -3.22. The molecule has 1 amide bonds. The molecular formula is C20H23N5O3S. The second-order valence-corrected chi connectivity index (χ2v) is 9.18. The number of carbonyl (C=O) groups excluding carboxylic acids is 1. The number of hydrogen-bond donors (Lipinski definition) is 0. The SMILES string of the molecule is CS(=O)(=O)N1CCN(C(=O)c2cnc3c(c2)ncn3CCc2ccccc2)CC1. The molecule has 0 bridgehead atoms. The van der Waals surface area contributed by atoms with Gasteiger partial charge in [-0.05, 0) is 18.1 Å². The van der Waals surface area contributed by atoms with Crippen molar-refractivity contribution in [3.05, 3.63) is 60.0 Å². The summed E-state index contributed by atoms with van der Waals surface area (Å²) in [6, 6.07) is 12.0. The van der Waals surface area contributed by atoms with Crippen LogP contribution in [0.25, 0.3) is 11.2 Å². The lowest BCUT2D eigenvalue weighted by Crippen LogP contribution is -2.50. The van der Waals surface area contributed by atoms with Crippen LogP contribution in [0.15, 0.2) is 48.9 Å². The van der Waals surface area contributed by atoms with Crippen LogP contribution in [0.3, 0.4) is 0 Å². The number of amides is 1. The second kappa shape index (κ2) is 7.92. The molecule has 2 aromatic heterocycles. The van der Waals surface area contributed by atoms with Gasteiger partial charge in [0.15, 0.2) is 5.65 Å². The Bertz CT molecular complexity index is 1120. The average Bonchev–Trinajstić information content (AvgIpc) is 3.14. The van der Waals surface area contributed by atoms with E-state index in [0.29, 0.717) is 37.3 Å². The van der Waals surface area contributed by atoms with Crippen LogP contribution in [-0.2, 0) is 23.0 Å². The smallest absolute Gasteiger partial charge is 0.255 e. The zero-order valence-electron chi connectivity index (χ0n) is 16.2. The number of nitrogens with zero attached hydrogens (tertiary/aromatic N) is 5. The van der Waals surface area contributed by atoms with Gasteiger partial charge in [-0.15, -0.1) is 0 Å². The first-order chi connectivity index (χ1) is 13.9. The van der Waals surface area contributed by atoms with E-state index in [1.807, 2.05) is 22.8 Å². The van der Waals surface area contributed by atoms with Gasteiger partial charge in [0.05, 0.1) is 18.1 Å². The Morgan fingerprint density at radius 3 is 2.48 bits per heavy atom. The van der Waals surface area contributed by atoms with Crippen molar-refractivity contribution in [3.8, 4) is 0 Å². The van der Waals surface area contributed by atoms with Crippen LogP contribution in [0, 0.1) is 0 Å². The molecule has 1 aliphatic rings. The number of pyridine rings is 1. The lowest BCUT2D eigenvalue weighted by atomic mass is 10.1. The number of benzene rings is 1. The summed E-state index contributed by atoms with van der Waals surface area (Å²) in [4.78, 5) is 23.3. The number of piperazine rings is 1. The highest BCUT2D eigenvalue weighted by atomic mass is 32.2. The van der Waals surface area contributed by atoms with Crippen LogP contribution >= 0.6 is 0 Å². The Hall–Kier alpha value is -2.78. The quantitative estimate of drug-likeness (QED) is 0.631. The van der Waals surface area contributed by atoms with Crippen LogP contribution in [0.4, 0.5) is 0 Å². The van der Waals surface area contributed by atoms with E-state index in [0.717, 1.165) is 18.6 Å². The standard InChI is InChI=1S/C20H23N5O3S/c1-29(27,28)25-11-9-23(10-12-25)20(26)17-13-18-19(21-14-17)24(15-22-18)8-7-16-5-3-2-4-6-16/h2-6,13-15H,7-12H2,1H3. The predicted molar refractivity (Wildman–Crippen MR) is 110 cm³/mol. The normalized spacial score (nSPS) is 15.7. The van der Waals surface area contributed by atoms with Gasteiger partial charge in [-0.25, -0.2) is 18.4 Å². The summed E-state index contributed by atoms with van der Waals surface area (Å²) in [6.07, 6.45) is 5.39. The van der Waals surface area contributed by atoms with Gasteiger partial charge in [-0.3, -0.25) is 4.79 Å². The first kappa shape index (κ1) is 19.5. The molecular weight excluding hydrogens is 390 g/mol. The van der Waals surface area contributed by atoms with E-state index < -0.39 is 10.0 Å². The molecule has 3 heterocycles. The van der Waals surface area contributed by atoms with Gasteiger partial charge in [0, 0.05) is 38.9 Å². The van der Waals surface area contributed by atoms with E-state index in [9.17, 15) is 13.2 Å². The molecule has 29 heavy (non-hydrogen) atoms. The molecule has 1 fully saturated rings. The van der Waals surface area contributed by atoms with Crippen molar-refractivity contribution in [2.75, 3.05) is 32.4 Å². The minimum Gasteiger partial charge on any atom is -0.336 e. The lowest BCUT2D eigenvalue weighted by Gasteiger charge is -2.33. The van der Waals surface area contributed by atoms with E-state index in [-0.39, 0.29) is 5.91 Å². The van der Waals surface area contributed by atoms with Crippen molar-refractivity contribution in [2.45, 2.75) is 13.0 Å². The maximum absolute atomic E-state index is 12.8. The molecule has 4 rings (SSSR count). The van der Waals surface area contributed by atoms with E-state index in [2.05, 4.69) is 22.1 Å². The number of imidazole rings is 1. The van der Waals surface area contributed by atoms with Crippen molar-refractivity contribution in [2.24, 2.45) is 0 Å². The molecule has 0 N–H and O–H groups in total. The number of carbonyl (C=O) groups is 1. The highest BCUT2D eigenvalue weighted by Crippen LogP contribution is 2.16. The van der Waals surface area contributed by atoms with Gasteiger partial charge in [0.2, 0.25) is 10.0 Å². The number of aryl methyl sites for hydroxylation is 2. The number of rotatable bonds is 5. The topological polar surface area (TPSA) is 88.4 Å². The van der Waals surface area contributed by atoms with Gasteiger partial charge in [-0.2, -0.15) is 4.31 Å². The van der Waals surface area contributed by atoms with Crippen molar-refractivity contribution >= 4 is 27.1 Å². The zero-order chi connectivity index (χ0) is 20.4. The molecule has 0 unspecified atom stereocenters. The van der Waals surface area contributed by atoms with Gasteiger partial charge in [-0.1, -0.05) is 30.3 Å². The number of hydrogen-bond acceptors (Lipinski definition) is 5.